The maximum absolute atomic E-state index is 9.75. The summed E-state index contributed by atoms with van der Waals surface area (Å²) in [4.78, 5) is 4.08. The SMILES string of the molecule is OC1CCc2cc(OCCc3cccnc3)ccc21. The van der Waals surface area contributed by atoms with E-state index in [4.69, 9.17) is 4.74 Å². The highest BCUT2D eigenvalue weighted by Crippen LogP contribution is 2.33. The lowest BCUT2D eigenvalue weighted by Gasteiger charge is -2.09. The third kappa shape index (κ3) is 2.76. The maximum Gasteiger partial charge on any atom is 0.119 e. The molecule has 0 saturated carbocycles. The monoisotopic (exact) mass is 255 g/mol. The van der Waals surface area contributed by atoms with Crippen LogP contribution in [-0.2, 0) is 12.8 Å². The fourth-order valence-electron chi connectivity index (χ4n) is 2.49. The van der Waals surface area contributed by atoms with Crippen LogP contribution in [0, 0.1) is 0 Å². The first-order chi connectivity index (χ1) is 9.33. The predicted molar refractivity (Wildman–Crippen MR) is 73.2 cm³/mol. The Morgan fingerprint density at radius 1 is 1.32 bits per heavy atom. The molecule has 0 spiro atoms. The van der Waals surface area contributed by atoms with Crippen molar-refractivity contribution in [2.75, 3.05) is 6.61 Å². The Balaban J connectivity index is 1.59. The number of aryl methyl sites for hydroxylation is 1. The number of hydrogen-bond donors (Lipinski definition) is 1. The molecule has 1 heterocycles. The molecular weight excluding hydrogens is 238 g/mol. The zero-order valence-corrected chi connectivity index (χ0v) is 10.7. The Morgan fingerprint density at radius 2 is 2.26 bits per heavy atom. The van der Waals surface area contributed by atoms with E-state index in [2.05, 4.69) is 17.1 Å². The van der Waals surface area contributed by atoms with E-state index >= 15 is 0 Å². The first kappa shape index (κ1) is 12.2. The number of nitrogens with zero attached hydrogens (tertiary/aromatic N) is 1. The second-order valence-electron chi connectivity index (χ2n) is 4.87. The summed E-state index contributed by atoms with van der Waals surface area (Å²) in [5, 5.41) is 9.75. The molecule has 19 heavy (non-hydrogen) atoms. The minimum Gasteiger partial charge on any atom is -0.493 e. The van der Waals surface area contributed by atoms with E-state index in [1.165, 1.54) is 11.1 Å². The molecule has 3 rings (SSSR count). The summed E-state index contributed by atoms with van der Waals surface area (Å²) in [6.07, 6.45) is 5.97. The van der Waals surface area contributed by atoms with Crippen molar-refractivity contribution >= 4 is 0 Å². The van der Waals surface area contributed by atoms with Crippen LogP contribution in [0.3, 0.4) is 0 Å². The zero-order valence-electron chi connectivity index (χ0n) is 10.7. The standard InChI is InChI=1S/C16H17NO2/c18-16-6-3-13-10-14(4-5-15(13)16)19-9-7-12-2-1-8-17-11-12/h1-2,4-5,8,10-11,16,18H,3,6-7,9H2. The van der Waals surface area contributed by atoms with Gasteiger partial charge < -0.3 is 9.84 Å². The van der Waals surface area contributed by atoms with Gasteiger partial charge in [0, 0.05) is 18.8 Å². The number of rotatable bonds is 4. The van der Waals surface area contributed by atoms with Crippen LogP contribution in [0.1, 0.15) is 29.2 Å². The van der Waals surface area contributed by atoms with E-state index in [0.717, 1.165) is 30.6 Å². The first-order valence-electron chi connectivity index (χ1n) is 6.65. The Labute approximate surface area is 112 Å². The second kappa shape index (κ2) is 5.41. The van der Waals surface area contributed by atoms with Crippen molar-refractivity contribution in [1.29, 1.82) is 0 Å². The van der Waals surface area contributed by atoms with Crippen molar-refractivity contribution in [1.82, 2.24) is 4.98 Å². The van der Waals surface area contributed by atoms with Gasteiger partial charge in [0.15, 0.2) is 0 Å². The number of benzene rings is 1. The van der Waals surface area contributed by atoms with Crippen LogP contribution >= 0.6 is 0 Å². The van der Waals surface area contributed by atoms with Crippen LogP contribution in [0.5, 0.6) is 5.75 Å². The Hall–Kier alpha value is -1.87. The summed E-state index contributed by atoms with van der Waals surface area (Å²) in [7, 11) is 0. The number of aliphatic hydroxyl groups is 1. The van der Waals surface area contributed by atoms with Gasteiger partial charge in [0.05, 0.1) is 12.7 Å². The van der Waals surface area contributed by atoms with Gasteiger partial charge in [-0.1, -0.05) is 12.1 Å². The van der Waals surface area contributed by atoms with Gasteiger partial charge in [0.1, 0.15) is 5.75 Å². The molecule has 0 amide bonds. The Kier molecular flexibility index (Phi) is 3.47. The molecule has 3 nitrogen and oxygen atoms in total. The molecule has 3 heteroatoms. The van der Waals surface area contributed by atoms with Crippen molar-refractivity contribution in [2.45, 2.75) is 25.4 Å². The first-order valence-corrected chi connectivity index (χ1v) is 6.65. The fraction of sp³-hybridized carbons (Fsp3) is 0.312. The minimum absolute atomic E-state index is 0.292. The van der Waals surface area contributed by atoms with Crippen LogP contribution in [0.4, 0.5) is 0 Å². The molecule has 98 valence electrons. The van der Waals surface area contributed by atoms with E-state index in [1.807, 2.05) is 24.4 Å². The van der Waals surface area contributed by atoms with E-state index in [-0.39, 0.29) is 6.10 Å². The number of pyridine rings is 1. The molecule has 1 N–H and O–H groups in total. The topological polar surface area (TPSA) is 42.4 Å². The van der Waals surface area contributed by atoms with Crippen molar-refractivity contribution in [3.63, 3.8) is 0 Å². The molecule has 0 radical (unpaired) electrons. The molecule has 1 aliphatic rings. The largest absolute Gasteiger partial charge is 0.493 e. The van der Waals surface area contributed by atoms with E-state index in [0.29, 0.717) is 6.61 Å². The molecule has 0 fully saturated rings. The number of ether oxygens (including phenoxy) is 1. The molecular formula is C16H17NO2. The number of aromatic nitrogens is 1. The summed E-state index contributed by atoms with van der Waals surface area (Å²) in [5.41, 5.74) is 3.45. The van der Waals surface area contributed by atoms with Crippen LogP contribution < -0.4 is 4.74 Å². The molecule has 1 aromatic carbocycles. The highest BCUT2D eigenvalue weighted by Gasteiger charge is 2.20. The van der Waals surface area contributed by atoms with Crippen LogP contribution in [0.2, 0.25) is 0 Å². The summed E-state index contributed by atoms with van der Waals surface area (Å²) < 4.78 is 5.76. The van der Waals surface area contributed by atoms with Crippen LogP contribution in [0.15, 0.2) is 42.7 Å². The average molecular weight is 255 g/mol. The molecule has 1 unspecified atom stereocenters. The number of fused-ring (bicyclic) bond motifs is 1. The van der Waals surface area contributed by atoms with Gasteiger partial charge in [-0.05, 0) is 47.7 Å². The van der Waals surface area contributed by atoms with Crippen molar-refractivity contribution < 1.29 is 9.84 Å². The molecule has 0 aliphatic heterocycles. The predicted octanol–water partition coefficient (Wildman–Crippen LogP) is 2.68. The van der Waals surface area contributed by atoms with Gasteiger partial charge in [0.25, 0.3) is 0 Å². The van der Waals surface area contributed by atoms with Gasteiger partial charge >= 0.3 is 0 Å². The van der Waals surface area contributed by atoms with Crippen LogP contribution in [-0.4, -0.2) is 16.7 Å². The van der Waals surface area contributed by atoms with E-state index < -0.39 is 0 Å². The van der Waals surface area contributed by atoms with Gasteiger partial charge in [0.2, 0.25) is 0 Å². The smallest absolute Gasteiger partial charge is 0.119 e. The second-order valence-corrected chi connectivity index (χ2v) is 4.87. The Bertz CT molecular complexity index is 554. The quantitative estimate of drug-likeness (QED) is 0.913. The van der Waals surface area contributed by atoms with Gasteiger partial charge in [-0.25, -0.2) is 0 Å². The van der Waals surface area contributed by atoms with Gasteiger partial charge in [-0.2, -0.15) is 0 Å². The zero-order chi connectivity index (χ0) is 13.1. The van der Waals surface area contributed by atoms with E-state index in [9.17, 15) is 5.11 Å². The van der Waals surface area contributed by atoms with Crippen LogP contribution in [0.25, 0.3) is 0 Å². The van der Waals surface area contributed by atoms with Crippen molar-refractivity contribution in [2.24, 2.45) is 0 Å². The lowest BCUT2D eigenvalue weighted by atomic mass is 10.1. The molecule has 1 aromatic heterocycles. The minimum atomic E-state index is -0.292. The fourth-order valence-corrected chi connectivity index (χ4v) is 2.49. The maximum atomic E-state index is 9.75. The highest BCUT2D eigenvalue weighted by atomic mass is 16.5. The average Bonchev–Trinajstić information content (AvgIpc) is 2.81. The molecule has 1 aliphatic carbocycles. The van der Waals surface area contributed by atoms with Crippen molar-refractivity contribution in [3.8, 4) is 5.75 Å². The lowest BCUT2D eigenvalue weighted by Crippen LogP contribution is -2.02. The third-order valence-electron chi connectivity index (χ3n) is 3.54. The molecule has 1 atom stereocenters. The van der Waals surface area contributed by atoms with Gasteiger partial charge in [-0.3, -0.25) is 4.98 Å². The molecule has 0 saturated heterocycles. The summed E-state index contributed by atoms with van der Waals surface area (Å²) in [6, 6.07) is 9.96. The molecule has 0 bridgehead atoms. The van der Waals surface area contributed by atoms with Gasteiger partial charge in [-0.15, -0.1) is 0 Å². The highest BCUT2D eigenvalue weighted by molar-refractivity contribution is 5.39. The van der Waals surface area contributed by atoms with E-state index in [1.54, 1.807) is 6.20 Å². The normalized spacial score (nSPS) is 17.2. The number of hydrogen-bond acceptors (Lipinski definition) is 3. The third-order valence-corrected chi connectivity index (χ3v) is 3.54. The Morgan fingerprint density at radius 3 is 3.11 bits per heavy atom. The van der Waals surface area contributed by atoms with Crippen molar-refractivity contribution in [3.05, 3.63) is 59.4 Å². The summed E-state index contributed by atoms with van der Waals surface area (Å²) in [6.45, 7) is 0.646. The molecule has 2 aromatic rings. The summed E-state index contributed by atoms with van der Waals surface area (Å²) >= 11 is 0. The lowest BCUT2D eigenvalue weighted by molar-refractivity contribution is 0.180. The summed E-state index contributed by atoms with van der Waals surface area (Å²) in [5.74, 6) is 0.886. The number of aliphatic hydroxyl groups excluding tert-OH is 1.